The molecule has 2 nitrogen and oxygen atoms in total. The third-order valence-corrected chi connectivity index (χ3v) is 5.35. The van der Waals surface area contributed by atoms with E-state index in [1.54, 1.807) is 0 Å². The van der Waals surface area contributed by atoms with E-state index >= 15 is 0 Å². The van der Waals surface area contributed by atoms with Crippen LogP contribution in [0.3, 0.4) is 0 Å². The second kappa shape index (κ2) is 6.02. The molecule has 3 atom stereocenters. The Kier molecular flexibility index (Phi) is 4.35. The van der Waals surface area contributed by atoms with E-state index in [0.717, 1.165) is 15.4 Å². The quantitative estimate of drug-likeness (QED) is 0.848. The van der Waals surface area contributed by atoms with Crippen LogP contribution in [0.25, 0.3) is 0 Å². The molecule has 1 saturated carbocycles. The molecule has 104 valence electrons. The van der Waals surface area contributed by atoms with Gasteiger partial charge in [-0.2, -0.15) is 0 Å². The van der Waals surface area contributed by atoms with Crippen molar-refractivity contribution in [1.82, 2.24) is 5.32 Å². The molecule has 0 amide bonds. The van der Waals surface area contributed by atoms with E-state index in [9.17, 15) is 0 Å². The Balaban J connectivity index is 1.70. The molecule has 1 aliphatic carbocycles. The average Bonchev–Trinajstić information content (AvgIpc) is 3.03. The van der Waals surface area contributed by atoms with Gasteiger partial charge in [-0.05, 0) is 72.3 Å². The van der Waals surface area contributed by atoms with Crippen LogP contribution in [0.5, 0.6) is 0 Å². The topological polar surface area (TPSA) is 24.1 Å². The molecule has 1 aromatic rings. The van der Waals surface area contributed by atoms with Gasteiger partial charge in [-0.15, -0.1) is 0 Å². The van der Waals surface area contributed by atoms with Crippen LogP contribution in [-0.4, -0.2) is 18.6 Å². The van der Waals surface area contributed by atoms with Crippen LogP contribution in [0.4, 0.5) is 5.69 Å². The van der Waals surface area contributed by atoms with Crippen LogP contribution < -0.4 is 10.6 Å². The average molecular weight is 344 g/mol. The molecule has 2 aliphatic rings. The fourth-order valence-electron chi connectivity index (χ4n) is 3.53. The minimum absolute atomic E-state index is 0.591. The summed E-state index contributed by atoms with van der Waals surface area (Å²) in [5.74, 6) is 0.769. The van der Waals surface area contributed by atoms with Crippen molar-refractivity contribution >= 4 is 33.2 Å². The number of nitrogens with one attached hydrogen (secondary N) is 2. The van der Waals surface area contributed by atoms with Gasteiger partial charge in [0.25, 0.3) is 0 Å². The molecule has 4 heteroatoms. The van der Waals surface area contributed by atoms with Crippen LogP contribution in [0.2, 0.25) is 5.02 Å². The lowest BCUT2D eigenvalue weighted by molar-refractivity contribution is 0.376. The van der Waals surface area contributed by atoms with Crippen LogP contribution in [0, 0.1) is 5.92 Å². The number of anilines is 1. The minimum Gasteiger partial charge on any atom is -0.381 e. The van der Waals surface area contributed by atoms with Gasteiger partial charge in [-0.1, -0.05) is 18.0 Å². The predicted octanol–water partition coefficient (Wildman–Crippen LogP) is 4.44. The summed E-state index contributed by atoms with van der Waals surface area (Å²) in [4.78, 5) is 0. The maximum Gasteiger partial charge on any atom is 0.0487 e. The highest BCUT2D eigenvalue weighted by atomic mass is 79.9. The van der Waals surface area contributed by atoms with E-state index in [4.69, 9.17) is 11.6 Å². The van der Waals surface area contributed by atoms with Crippen LogP contribution >= 0.6 is 27.5 Å². The van der Waals surface area contributed by atoms with Crippen molar-refractivity contribution in [2.45, 2.75) is 44.2 Å². The third kappa shape index (κ3) is 3.09. The molecule has 0 aromatic heterocycles. The van der Waals surface area contributed by atoms with Gasteiger partial charge in [-0.25, -0.2) is 0 Å². The van der Waals surface area contributed by atoms with Crippen molar-refractivity contribution in [2.24, 2.45) is 5.92 Å². The zero-order chi connectivity index (χ0) is 13.2. The highest BCUT2D eigenvalue weighted by molar-refractivity contribution is 9.10. The first-order valence-corrected chi connectivity index (χ1v) is 8.36. The molecule has 0 spiro atoms. The monoisotopic (exact) mass is 342 g/mol. The van der Waals surface area contributed by atoms with Gasteiger partial charge in [0.05, 0.1) is 0 Å². The van der Waals surface area contributed by atoms with Gasteiger partial charge in [0.1, 0.15) is 0 Å². The first kappa shape index (κ1) is 13.7. The van der Waals surface area contributed by atoms with Gasteiger partial charge < -0.3 is 10.6 Å². The first-order valence-electron chi connectivity index (χ1n) is 7.19. The van der Waals surface area contributed by atoms with E-state index in [2.05, 4.69) is 32.6 Å². The van der Waals surface area contributed by atoms with Gasteiger partial charge >= 0.3 is 0 Å². The summed E-state index contributed by atoms with van der Waals surface area (Å²) in [5.41, 5.74) is 1.17. The summed E-state index contributed by atoms with van der Waals surface area (Å²) in [6.07, 6.45) is 6.63. The molecule has 1 heterocycles. The molecular weight excluding hydrogens is 324 g/mol. The smallest absolute Gasteiger partial charge is 0.0487 e. The maximum atomic E-state index is 6.00. The van der Waals surface area contributed by atoms with Crippen LogP contribution in [0.1, 0.15) is 32.1 Å². The number of hydrogen-bond donors (Lipinski definition) is 2. The van der Waals surface area contributed by atoms with Crippen molar-refractivity contribution in [1.29, 1.82) is 0 Å². The molecule has 3 unspecified atom stereocenters. The Morgan fingerprint density at radius 1 is 1.21 bits per heavy atom. The summed E-state index contributed by atoms with van der Waals surface area (Å²) in [6.45, 7) is 1.19. The summed E-state index contributed by atoms with van der Waals surface area (Å²) in [6, 6.07) is 7.29. The fourth-order valence-corrected chi connectivity index (χ4v) is 4.33. The van der Waals surface area contributed by atoms with Crippen molar-refractivity contribution in [3.8, 4) is 0 Å². The molecule has 0 bridgehead atoms. The molecule has 2 fully saturated rings. The Bertz CT molecular complexity index is 446. The van der Waals surface area contributed by atoms with Gasteiger partial charge in [0.15, 0.2) is 0 Å². The van der Waals surface area contributed by atoms with Crippen LogP contribution in [-0.2, 0) is 0 Å². The predicted molar refractivity (Wildman–Crippen MR) is 84.9 cm³/mol. The highest BCUT2D eigenvalue weighted by Crippen LogP contribution is 2.35. The molecule has 0 radical (unpaired) electrons. The second-order valence-corrected chi connectivity index (χ2v) is 6.96. The van der Waals surface area contributed by atoms with Crippen LogP contribution in [0.15, 0.2) is 22.7 Å². The summed E-state index contributed by atoms with van der Waals surface area (Å²) in [5, 5.41) is 8.16. The number of halogens is 2. The van der Waals surface area contributed by atoms with E-state index in [1.165, 1.54) is 44.3 Å². The third-order valence-electron chi connectivity index (χ3n) is 4.46. The summed E-state index contributed by atoms with van der Waals surface area (Å²) < 4.78 is 1.06. The van der Waals surface area contributed by atoms with E-state index in [0.29, 0.717) is 12.1 Å². The van der Waals surface area contributed by atoms with E-state index in [-0.39, 0.29) is 0 Å². The molecule has 1 aromatic carbocycles. The normalized spacial score (nSPS) is 30.7. The SMILES string of the molecule is Clc1ccc(NC2CCCC2C2CCCN2)c(Br)c1. The minimum atomic E-state index is 0.591. The first-order chi connectivity index (χ1) is 9.24. The number of hydrogen-bond acceptors (Lipinski definition) is 2. The summed E-state index contributed by atoms with van der Waals surface area (Å²) in [7, 11) is 0. The number of rotatable bonds is 3. The lowest BCUT2D eigenvalue weighted by atomic mass is 9.93. The lowest BCUT2D eigenvalue weighted by Crippen LogP contribution is -2.38. The lowest BCUT2D eigenvalue weighted by Gasteiger charge is -2.27. The number of benzene rings is 1. The molecule has 3 rings (SSSR count). The zero-order valence-corrected chi connectivity index (χ0v) is 13.3. The molecule has 1 aliphatic heterocycles. The standard InChI is InChI=1S/C15H20BrClN2/c16-12-9-10(17)6-7-15(12)19-14-4-1-3-11(14)13-5-2-8-18-13/h6-7,9,11,13-14,18-19H,1-5,8H2. The van der Waals surface area contributed by atoms with Crippen molar-refractivity contribution < 1.29 is 0 Å². The molecule has 1 saturated heterocycles. The second-order valence-electron chi connectivity index (χ2n) is 5.67. The fraction of sp³-hybridized carbons (Fsp3) is 0.600. The Labute approximate surface area is 128 Å². The zero-order valence-electron chi connectivity index (χ0n) is 11.0. The van der Waals surface area contributed by atoms with Gasteiger partial charge in [0.2, 0.25) is 0 Å². The largest absolute Gasteiger partial charge is 0.381 e. The molecule has 19 heavy (non-hydrogen) atoms. The molecular formula is C15H20BrClN2. The Morgan fingerprint density at radius 2 is 2.11 bits per heavy atom. The summed E-state index contributed by atoms with van der Waals surface area (Å²) >= 11 is 9.59. The van der Waals surface area contributed by atoms with E-state index in [1.807, 2.05) is 12.1 Å². The molecule has 2 N–H and O–H groups in total. The van der Waals surface area contributed by atoms with Crippen molar-refractivity contribution in [3.05, 3.63) is 27.7 Å². The van der Waals surface area contributed by atoms with Gasteiger partial charge in [0, 0.05) is 27.3 Å². The Hall–Kier alpha value is -0.250. The van der Waals surface area contributed by atoms with Crippen molar-refractivity contribution in [3.63, 3.8) is 0 Å². The highest BCUT2D eigenvalue weighted by Gasteiger charge is 2.35. The Morgan fingerprint density at radius 3 is 2.84 bits per heavy atom. The van der Waals surface area contributed by atoms with E-state index < -0.39 is 0 Å². The maximum absolute atomic E-state index is 6.00. The van der Waals surface area contributed by atoms with Crippen molar-refractivity contribution in [2.75, 3.05) is 11.9 Å². The van der Waals surface area contributed by atoms with Gasteiger partial charge in [-0.3, -0.25) is 0 Å².